The van der Waals surface area contributed by atoms with Crippen molar-refractivity contribution in [3.63, 3.8) is 0 Å². The van der Waals surface area contributed by atoms with Crippen LogP contribution in [0.4, 0.5) is 0 Å². The molecule has 0 saturated carbocycles. The minimum Gasteiger partial charge on any atom is -0.481 e. The minimum atomic E-state index is 0.407. The zero-order valence-corrected chi connectivity index (χ0v) is 11.2. The van der Waals surface area contributed by atoms with Crippen LogP contribution in [0.25, 0.3) is 11.0 Å². The van der Waals surface area contributed by atoms with Crippen LogP contribution in [0, 0.1) is 0 Å². The molecule has 0 unspecified atom stereocenters. The lowest BCUT2D eigenvalue weighted by atomic mass is 10.0. The van der Waals surface area contributed by atoms with Gasteiger partial charge in [0.25, 0.3) is 0 Å². The number of hydrogen-bond donors (Lipinski definition) is 0. The van der Waals surface area contributed by atoms with E-state index in [2.05, 4.69) is 49.5 Å². The summed E-state index contributed by atoms with van der Waals surface area (Å²) in [7, 11) is 1.65. The summed E-state index contributed by atoms with van der Waals surface area (Å²) in [6, 6.07) is 4.44. The van der Waals surface area contributed by atoms with Gasteiger partial charge in [0.05, 0.1) is 7.11 Å². The predicted octanol–water partition coefficient (Wildman–Crippen LogP) is 3.75. The predicted molar refractivity (Wildman–Crippen MR) is 70.8 cm³/mol. The summed E-state index contributed by atoms with van der Waals surface area (Å²) >= 11 is 0. The first-order chi connectivity index (χ1) is 8.04. The molecule has 17 heavy (non-hydrogen) atoms. The Morgan fingerprint density at radius 1 is 1.18 bits per heavy atom. The van der Waals surface area contributed by atoms with Gasteiger partial charge in [-0.25, -0.2) is 0 Å². The molecule has 0 N–H and O–H groups in total. The van der Waals surface area contributed by atoms with Gasteiger partial charge in [0.15, 0.2) is 0 Å². The highest BCUT2D eigenvalue weighted by molar-refractivity contribution is 5.81. The van der Waals surface area contributed by atoms with E-state index in [1.807, 2.05) is 6.07 Å². The summed E-state index contributed by atoms with van der Waals surface area (Å²) in [6.07, 6.45) is 2.21. The van der Waals surface area contributed by atoms with Crippen LogP contribution in [0.5, 0.6) is 5.88 Å². The van der Waals surface area contributed by atoms with E-state index in [-0.39, 0.29) is 0 Å². The van der Waals surface area contributed by atoms with Crippen LogP contribution in [-0.2, 0) is 0 Å². The molecule has 3 nitrogen and oxygen atoms in total. The van der Waals surface area contributed by atoms with Gasteiger partial charge in [0.1, 0.15) is 5.65 Å². The number of aromatic nitrogens is 2. The van der Waals surface area contributed by atoms with Gasteiger partial charge in [-0.15, -0.1) is 0 Å². The van der Waals surface area contributed by atoms with E-state index in [4.69, 9.17) is 4.74 Å². The van der Waals surface area contributed by atoms with E-state index in [1.165, 1.54) is 10.9 Å². The van der Waals surface area contributed by atoms with Gasteiger partial charge < -0.3 is 9.30 Å². The summed E-state index contributed by atoms with van der Waals surface area (Å²) < 4.78 is 7.42. The van der Waals surface area contributed by atoms with Crippen LogP contribution in [0.15, 0.2) is 18.3 Å². The van der Waals surface area contributed by atoms with Crippen LogP contribution in [0.2, 0.25) is 0 Å². The third kappa shape index (κ3) is 2.02. The van der Waals surface area contributed by atoms with Crippen molar-refractivity contribution in [2.24, 2.45) is 0 Å². The van der Waals surface area contributed by atoms with Crippen molar-refractivity contribution in [1.82, 2.24) is 9.55 Å². The van der Waals surface area contributed by atoms with Gasteiger partial charge in [0.2, 0.25) is 5.88 Å². The smallest absolute Gasteiger partial charge is 0.214 e. The number of pyridine rings is 1. The van der Waals surface area contributed by atoms with E-state index in [0.717, 1.165) is 5.65 Å². The molecule has 3 heteroatoms. The molecule has 2 aromatic rings. The first kappa shape index (κ1) is 12.0. The molecule has 0 aliphatic carbocycles. The molecule has 92 valence electrons. The fourth-order valence-corrected chi connectivity index (χ4v) is 2.10. The van der Waals surface area contributed by atoms with E-state index in [0.29, 0.717) is 17.8 Å². The van der Waals surface area contributed by atoms with Crippen LogP contribution < -0.4 is 4.74 Å². The number of nitrogens with zero attached hydrogens (tertiary/aromatic N) is 2. The lowest BCUT2D eigenvalue weighted by Crippen LogP contribution is -2.00. The summed E-state index contributed by atoms with van der Waals surface area (Å²) in [5.74, 6) is 1.18. The quantitative estimate of drug-likeness (QED) is 0.805. The fraction of sp³-hybridized carbons (Fsp3) is 0.500. The van der Waals surface area contributed by atoms with Crippen LogP contribution in [-0.4, -0.2) is 16.7 Å². The third-order valence-electron chi connectivity index (χ3n) is 3.07. The van der Waals surface area contributed by atoms with Crippen LogP contribution in [0.1, 0.15) is 45.2 Å². The topological polar surface area (TPSA) is 27.1 Å². The number of hydrogen-bond acceptors (Lipinski definition) is 2. The lowest BCUT2D eigenvalue weighted by molar-refractivity contribution is 0.398. The van der Waals surface area contributed by atoms with Crippen LogP contribution >= 0.6 is 0 Å². The SMILES string of the molecule is COc1ccc2c(C(C)C)cn(C(C)C)c2n1. The highest BCUT2D eigenvalue weighted by Crippen LogP contribution is 2.29. The van der Waals surface area contributed by atoms with Crippen molar-refractivity contribution in [2.75, 3.05) is 7.11 Å². The van der Waals surface area contributed by atoms with Gasteiger partial charge in [0, 0.05) is 23.7 Å². The van der Waals surface area contributed by atoms with Crippen molar-refractivity contribution in [2.45, 2.75) is 39.7 Å². The lowest BCUT2D eigenvalue weighted by Gasteiger charge is -2.08. The second kappa shape index (κ2) is 4.40. The van der Waals surface area contributed by atoms with Crippen LogP contribution in [0.3, 0.4) is 0 Å². The van der Waals surface area contributed by atoms with E-state index >= 15 is 0 Å². The molecule has 0 radical (unpaired) electrons. The normalized spacial score (nSPS) is 11.7. The summed E-state index contributed by atoms with van der Waals surface area (Å²) in [5, 5.41) is 1.23. The number of fused-ring (bicyclic) bond motifs is 1. The molecule has 0 amide bonds. The molecule has 0 aliphatic rings. The first-order valence-corrected chi connectivity index (χ1v) is 6.10. The van der Waals surface area contributed by atoms with Gasteiger partial charge in [-0.05, 0) is 31.4 Å². The van der Waals surface area contributed by atoms with E-state index in [9.17, 15) is 0 Å². The first-order valence-electron chi connectivity index (χ1n) is 6.10. The molecule has 0 atom stereocenters. The Morgan fingerprint density at radius 2 is 1.88 bits per heavy atom. The van der Waals surface area contributed by atoms with Gasteiger partial charge in [-0.1, -0.05) is 13.8 Å². The maximum atomic E-state index is 5.20. The zero-order valence-electron chi connectivity index (χ0n) is 11.2. The third-order valence-corrected chi connectivity index (χ3v) is 3.07. The summed E-state index contributed by atoms with van der Waals surface area (Å²) in [6.45, 7) is 8.77. The Bertz CT molecular complexity index is 526. The van der Waals surface area contributed by atoms with Crippen molar-refractivity contribution < 1.29 is 4.74 Å². The number of rotatable bonds is 3. The molecule has 0 bridgehead atoms. The van der Waals surface area contributed by atoms with Gasteiger partial charge in [-0.3, -0.25) is 0 Å². The molecule has 2 heterocycles. The average molecular weight is 232 g/mol. The van der Waals surface area contributed by atoms with E-state index < -0.39 is 0 Å². The molecule has 0 fully saturated rings. The highest BCUT2D eigenvalue weighted by Gasteiger charge is 2.14. The summed E-state index contributed by atoms with van der Waals surface area (Å²) in [4.78, 5) is 4.56. The molecule has 0 saturated heterocycles. The maximum absolute atomic E-state index is 5.20. The Balaban J connectivity index is 2.72. The standard InChI is InChI=1S/C14H20N2O/c1-9(2)12-8-16(10(3)4)14-11(12)6-7-13(15-14)17-5/h6-10H,1-5H3. The number of methoxy groups -OCH3 is 1. The Kier molecular flexibility index (Phi) is 3.09. The fourth-order valence-electron chi connectivity index (χ4n) is 2.10. The Morgan fingerprint density at radius 3 is 2.41 bits per heavy atom. The molecule has 0 aliphatic heterocycles. The maximum Gasteiger partial charge on any atom is 0.214 e. The van der Waals surface area contributed by atoms with Crippen molar-refractivity contribution in [3.05, 3.63) is 23.9 Å². The monoisotopic (exact) mass is 232 g/mol. The second-order valence-corrected chi connectivity index (χ2v) is 4.96. The zero-order chi connectivity index (χ0) is 12.6. The minimum absolute atomic E-state index is 0.407. The Labute approximate surface area is 102 Å². The molecule has 2 rings (SSSR count). The van der Waals surface area contributed by atoms with Gasteiger partial charge >= 0.3 is 0 Å². The molecular formula is C14H20N2O. The molecule has 0 aromatic carbocycles. The average Bonchev–Trinajstić information content (AvgIpc) is 2.67. The second-order valence-electron chi connectivity index (χ2n) is 4.96. The largest absolute Gasteiger partial charge is 0.481 e. The van der Waals surface area contributed by atoms with Gasteiger partial charge in [-0.2, -0.15) is 4.98 Å². The highest BCUT2D eigenvalue weighted by atomic mass is 16.5. The molecular weight excluding hydrogens is 212 g/mol. The molecule has 2 aromatic heterocycles. The van der Waals surface area contributed by atoms with Crippen molar-refractivity contribution in [3.8, 4) is 5.88 Å². The number of ether oxygens (including phenoxy) is 1. The van der Waals surface area contributed by atoms with Crippen molar-refractivity contribution in [1.29, 1.82) is 0 Å². The summed E-state index contributed by atoms with van der Waals surface area (Å²) in [5.41, 5.74) is 2.37. The Hall–Kier alpha value is -1.51. The van der Waals surface area contributed by atoms with E-state index in [1.54, 1.807) is 7.11 Å². The van der Waals surface area contributed by atoms with Crippen molar-refractivity contribution >= 4 is 11.0 Å². The molecule has 0 spiro atoms.